The zero-order valence-electron chi connectivity index (χ0n) is 15.0. The van der Waals surface area contributed by atoms with Gasteiger partial charge in [0, 0.05) is 0 Å². The molecule has 0 heterocycles. The Balaban J connectivity index is 2.10. The molecule has 0 aliphatic rings. The van der Waals surface area contributed by atoms with Crippen LogP contribution < -0.4 is 5.19 Å². The Hall–Kier alpha value is -3.16. The van der Waals surface area contributed by atoms with Gasteiger partial charge in [-0.1, -0.05) is 109 Å². The van der Waals surface area contributed by atoms with E-state index in [9.17, 15) is 0 Å². The first kappa shape index (κ1) is 17.3. The maximum absolute atomic E-state index is 4.10. The van der Waals surface area contributed by atoms with Crippen molar-refractivity contribution in [2.24, 2.45) is 0 Å². The third kappa shape index (κ3) is 3.30. The van der Waals surface area contributed by atoms with Gasteiger partial charge in [0.15, 0.2) is 0 Å². The Morgan fingerprint density at radius 2 is 1.04 bits per heavy atom. The Morgan fingerprint density at radius 3 is 1.52 bits per heavy atom. The molecule has 0 aromatic heterocycles. The molecule has 0 saturated carbocycles. The molecule has 1 heteroatoms. The minimum Gasteiger partial charge on any atom is -0.0984 e. The number of benzene rings is 4. The molecule has 0 spiro atoms. The number of hydrogen-bond donors (Lipinski definition) is 0. The lowest BCUT2D eigenvalue weighted by Crippen LogP contribution is -2.13. The van der Waals surface area contributed by atoms with Gasteiger partial charge in [0.1, 0.15) is 0 Å². The molecule has 0 atom stereocenters. The summed E-state index contributed by atoms with van der Waals surface area (Å²) in [5.74, 6) is 0. The second kappa shape index (κ2) is 7.61. The Morgan fingerprint density at radius 1 is 0.593 bits per heavy atom. The van der Waals surface area contributed by atoms with Gasteiger partial charge in [-0.15, -0.1) is 0 Å². The smallest absolute Gasteiger partial charge is 0.0729 e. The first-order chi connectivity index (χ1) is 13.3. The van der Waals surface area contributed by atoms with Gasteiger partial charge in [-0.3, -0.25) is 0 Å². The molecule has 0 bridgehead atoms. The summed E-state index contributed by atoms with van der Waals surface area (Å²) < 4.78 is 0. The van der Waals surface area contributed by atoms with Crippen LogP contribution >= 0.6 is 0 Å². The molecule has 0 unspecified atom stereocenters. The highest BCUT2D eigenvalue weighted by Crippen LogP contribution is 2.37. The molecule has 27 heavy (non-hydrogen) atoms. The predicted octanol–water partition coefficient (Wildman–Crippen LogP) is 6.12. The molecule has 0 aliphatic carbocycles. The summed E-state index contributed by atoms with van der Waals surface area (Å²) in [7, 11) is 4.00. The molecule has 4 aromatic rings. The lowest BCUT2D eigenvalue weighted by Gasteiger charge is -2.20. The highest BCUT2D eigenvalue weighted by molar-refractivity contribution is 6.41. The van der Waals surface area contributed by atoms with Crippen molar-refractivity contribution in [2.75, 3.05) is 0 Å². The minimum absolute atomic E-state index is 1.09. The molecule has 3 radical (unpaired) electrons. The van der Waals surface area contributed by atoms with E-state index < -0.39 is 0 Å². The van der Waals surface area contributed by atoms with E-state index in [0.29, 0.717) is 0 Å². The molecule has 0 amide bonds. The standard InChI is InChI=1S/C26H19Si/c1-2-19-18-23(20-12-6-3-7-13-20)26(27)25(22-16-10-5-11-17-22)24(19)21-14-8-4-9-15-21/h2-18H,1H2. The van der Waals surface area contributed by atoms with Crippen molar-refractivity contribution in [2.45, 2.75) is 0 Å². The van der Waals surface area contributed by atoms with Gasteiger partial charge in [-0.05, 0) is 45.0 Å². The van der Waals surface area contributed by atoms with Crippen LogP contribution in [0.5, 0.6) is 0 Å². The van der Waals surface area contributed by atoms with E-state index in [1.165, 1.54) is 33.4 Å². The Labute approximate surface area is 164 Å². The van der Waals surface area contributed by atoms with Crippen molar-refractivity contribution < 1.29 is 0 Å². The fourth-order valence-electron chi connectivity index (χ4n) is 3.52. The molecule has 0 nitrogen and oxygen atoms in total. The quantitative estimate of drug-likeness (QED) is 0.385. The average molecular weight is 360 g/mol. The summed E-state index contributed by atoms with van der Waals surface area (Å²) in [6.07, 6.45) is 1.95. The van der Waals surface area contributed by atoms with E-state index in [1.807, 2.05) is 18.2 Å². The van der Waals surface area contributed by atoms with E-state index >= 15 is 0 Å². The maximum atomic E-state index is 4.10. The van der Waals surface area contributed by atoms with Gasteiger partial charge in [0.05, 0.1) is 10.2 Å². The van der Waals surface area contributed by atoms with Crippen LogP contribution in [0.4, 0.5) is 0 Å². The molecule has 0 N–H and O–H groups in total. The largest absolute Gasteiger partial charge is 0.0984 e. The zero-order chi connectivity index (χ0) is 18.6. The summed E-state index contributed by atoms with van der Waals surface area (Å²) in [6, 6.07) is 33.7. The van der Waals surface area contributed by atoms with E-state index in [0.717, 1.165) is 10.8 Å². The molecular weight excluding hydrogens is 340 g/mol. The van der Waals surface area contributed by atoms with Gasteiger partial charge in [0.25, 0.3) is 0 Å². The Kier molecular flexibility index (Phi) is 4.86. The normalized spacial score (nSPS) is 10.6. The topological polar surface area (TPSA) is 0 Å². The number of rotatable bonds is 4. The van der Waals surface area contributed by atoms with E-state index in [4.69, 9.17) is 0 Å². The van der Waals surface area contributed by atoms with Crippen molar-refractivity contribution in [1.29, 1.82) is 0 Å². The van der Waals surface area contributed by atoms with Crippen LogP contribution in [0, 0.1) is 0 Å². The summed E-state index contributed by atoms with van der Waals surface area (Å²) in [5.41, 5.74) is 8.23. The van der Waals surface area contributed by atoms with Crippen molar-refractivity contribution in [3.05, 3.63) is 109 Å². The van der Waals surface area contributed by atoms with Crippen molar-refractivity contribution in [3.8, 4) is 33.4 Å². The minimum atomic E-state index is 1.09. The van der Waals surface area contributed by atoms with Crippen molar-refractivity contribution >= 4 is 21.5 Å². The lowest BCUT2D eigenvalue weighted by atomic mass is 9.87. The van der Waals surface area contributed by atoms with Gasteiger partial charge >= 0.3 is 0 Å². The molecule has 0 aliphatic heterocycles. The summed E-state index contributed by atoms with van der Waals surface area (Å²) in [4.78, 5) is 0. The third-order valence-electron chi connectivity index (χ3n) is 4.79. The van der Waals surface area contributed by atoms with Crippen LogP contribution in [0.15, 0.2) is 104 Å². The van der Waals surface area contributed by atoms with Crippen LogP contribution in [0.2, 0.25) is 0 Å². The van der Waals surface area contributed by atoms with Crippen LogP contribution in [0.3, 0.4) is 0 Å². The van der Waals surface area contributed by atoms with Crippen LogP contribution in [0.1, 0.15) is 5.56 Å². The van der Waals surface area contributed by atoms with Crippen LogP contribution in [-0.4, -0.2) is 10.2 Å². The van der Waals surface area contributed by atoms with Gasteiger partial charge in [-0.2, -0.15) is 0 Å². The van der Waals surface area contributed by atoms with Crippen molar-refractivity contribution in [1.82, 2.24) is 0 Å². The lowest BCUT2D eigenvalue weighted by molar-refractivity contribution is 1.57. The van der Waals surface area contributed by atoms with E-state index in [2.05, 4.69) is 102 Å². The summed E-state index contributed by atoms with van der Waals surface area (Å²) in [6.45, 7) is 4.10. The predicted molar refractivity (Wildman–Crippen MR) is 118 cm³/mol. The number of hydrogen-bond acceptors (Lipinski definition) is 0. The van der Waals surface area contributed by atoms with E-state index in [-0.39, 0.29) is 0 Å². The molecule has 4 aromatic carbocycles. The molecule has 4 rings (SSSR count). The molecule has 0 fully saturated rings. The maximum Gasteiger partial charge on any atom is 0.0729 e. The molecular formula is C26H19Si. The highest BCUT2D eigenvalue weighted by atomic mass is 28.1. The first-order valence-electron chi connectivity index (χ1n) is 9.01. The third-order valence-corrected chi connectivity index (χ3v) is 5.31. The van der Waals surface area contributed by atoms with Gasteiger partial charge in [0.2, 0.25) is 0 Å². The molecule has 127 valence electrons. The Bertz CT molecular complexity index is 1070. The second-order valence-corrected chi connectivity index (χ2v) is 6.94. The van der Waals surface area contributed by atoms with Crippen LogP contribution in [-0.2, 0) is 0 Å². The molecule has 0 saturated heterocycles. The summed E-state index contributed by atoms with van der Waals surface area (Å²) >= 11 is 0. The first-order valence-corrected chi connectivity index (χ1v) is 9.51. The second-order valence-electron chi connectivity index (χ2n) is 6.44. The fraction of sp³-hybridized carbons (Fsp3) is 0. The van der Waals surface area contributed by atoms with E-state index in [1.54, 1.807) is 0 Å². The van der Waals surface area contributed by atoms with Gasteiger partial charge in [-0.25, -0.2) is 0 Å². The zero-order valence-corrected chi connectivity index (χ0v) is 16.0. The monoisotopic (exact) mass is 359 g/mol. The van der Waals surface area contributed by atoms with Gasteiger partial charge < -0.3 is 0 Å². The summed E-state index contributed by atoms with van der Waals surface area (Å²) in [5, 5.41) is 1.09. The van der Waals surface area contributed by atoms with Crippen LogP contribution in [0.25, 0.3) is 39.5 Å². The SMILES string of the molecule is C=Cc1cc(-c2ccccc2)c([Si])c(-c2ccccc2)c1-c1ccccc1. The fourth-order valence-corrected chi connectivity index (χ4v) is 4.01. The van der Waals surface area contributed by atoms with Crippen molar-refractivity contribution in [3.63, 3.8) is 0 Å². The highest BCUT2D eigenvalue weighted by Gasteiger charge is 2.17. The average Bonchev–Trinajstić information content (AvgIpc) is 2.75.